The highest BCUT2D eigenvalue weighted by Gasteiger charge is 2.55. The number of nitrogens with zero attached hydrogens (tertiary/aromatic N) is 1. The third kappa shape index (κ3) is 2.58. The lowest BCUT2D eigenvalue weighted by Gasteiger charge is -2.23. The summed E-state index contributed by atoms with van der Waals surface area (Å²) in [4.78, 5) is 13.6. The van der Waals surface area contributed by atoms with Crippen LogP contribution in [0.5, 0.6) is 5.75 Å². The molecule has 120 valence electrons. The van der Waals surface area contributed by atoms with E-state index < -0.39 is 17.6 Å². The summed E-state index contributed by atoms with van der Waals surface area (Å²) >= 11 is 0. The van der Waals surface area contributed by atoms with Gasteiger partial charge in [0, 0.05) is 25.0 Å². The van der Waals surface area contributed by atoms with Crippen LogP contribution in [0.4, 0.5) is 4.39 Å². The fraction of sp³-hybridized carbons (Fsp3) is 0.588. The molecule has 22 heavy (non-hydrogen) atoms. The third-order valence-electron chi connectivity index (χ3n) is 5.12. The van der Waals surface area contributed by atoms with Gasteiger partial charge in [0.2, 0.25) is 5.67 Å². The van der Waals surface area contributed by atoms with Crippen LogP contribution in [0.25, 0.3) is 0 Å². The maximum absolute atomic E-state index is 15.2. The Hall–Kier alpha value is -1.62. The molecule has 1 unspecified atom stereocenters. The molecule has 2 fully saturated rings. The van der Waals surface area contributed by atoms with Crippen LogP contribution in [0.2, 0.25) is 0 Å². The molecule has 1 aromatic carbocycles. The lowest BCUT2D eigenvalue weighted by molar-refractivity contribution is -0.151. The topological polar surface area (TPSA) is 49.8 Å². The molecule has 1 saturated carbocycles. The standard InChI is InChI=1S/C17H22FNO3/c1-22-14-8-6-12(7-9-14)15-10-19(13-4-2-3-5-13)11-17(15,18)16(20)21/h6-9,13,15H,2-5,10-11H2,1H3,(H,20,21)/t15?,17-/m0/s1. The van der Waals surface area contributed by atoms with Crippen molar-refractivity contribution in [1.29, 1.82) is 0 Å². The first-order valence-electron chi connectivity index (χ1n) is 7.85. The third-order valence-corrected chi connectivity index (χ3v) is 5.12. The minimum Gasteiger partial charge on any atom is -0.497 e. The summed E-state index contributed by atoms with van der Waals surface area (Å²) in [6.45, 7) is 0.462. The van der Waals surface area contributed by atoms with E-state index in [-0.39, 0.29) is 6.54 Å². The molecule has 1 aromatic rings. The van der Waals surface area contributed by atoms with Crippen molar-refractivity contribution in [3.63, 3.8) is 0 Å². The monoisotopic (exact) mass is 307 g/mol. The van der Waals surface area contributed by atoms with Crippen LogP contribution in [0.15, 0.2) is 24.3 Å². The van der Waals surface area contributed by atoms with Crippen molar-refractivity contribution < 1.29 is 19.0 Å². The Balaban J connectivity index is 1.87. The van der Waals surface area contributed by atoms with Gasteiger partial charge >= 0.3 is 5.97 Å². The zero-order valence-corrected chi connectivity index (χ0v) is 12.8. The minimum absolute atomic E-state index is 0.0102. The summed E-state index contributed by atoms with van der Waals surface area (Å²) < 4.78 is 20.3. The van der Waals surface area contributed by atoms with Crippen LogP contribution in [0.3, 0.4) is 0 Å². The van der Waals surface area contributed by atoms with Crippen molar-refractivity contribution in [3.8, 4) is 5.75 Å². The molecule has 2 aliphatic rings. The number of methoxy groups -OCH3 is 1. The number of hydrogen-bond donors (Lipinski definition) is 1. The second kappa shape index (κ2) is 5.88. The number of hydrogen-bond acceptors (Lipinski definition) is 3. The predicted octanol–water partition coefficient (Wildman–Crippen LogP) is 2.83. The zero-order chi connectivity index (χ0) is 15.7. The lowest BCUT2D eigenvalue weighted by Crippen LogP contribution is -2.42. The quantitative estimate of drug-likeness (QED) is 0.929. The maximum atomic E-state index is 15.2. The first-order chi connectivity index (χ1) is 10.5. The number of carboxylic acids is 1. The molecule has 1 aliphatic heterocycles. The van der Waals surface area contributed by atoms with E-state index in [0.717, 1.165) is 31.2 Å². The van der Waals surface area contributed by atoms with Crippen molar-refractivity contribution in [2.45, 2.75) is 43.3 Å². The maximum Gasteiger partial charge on any atom is 0.343 e. The molecular weight excluding hydrogens is 285 g/mol. The molecule has 2 atom stereocenters. The highest BCUT2D eigenvalue weighted by atomic mass is 19.1. The van der Waals surface area contributed by atoms with Crippen LogP contribution >= 0.6 is 0 Å². The van der Waals surface area contributed by atoms with E-state index >= 15 is 4.39 Å². The van der Waals surface area contributed by atoms with Gasteiger partial charge < -0.3 is 9.84 Å². The number of likely N-dealkylation sites (tertiary alicyclic amines) is 1. The molecule has 1 N–H and O–H groups in total. The first-order valence-corrected chi connectivity index (χ1v) is 7.85. The van der Waals surface area contributed by atoms with Crippen molar-refractivity contribution in [1.82, 2.24) is 4.90 Å². The van der Waals surface area contributed by atoms with Gasteiger partial charge in [0.1, 0.15) is 5.75 Å². The number of alkyl halides is 1. The number of benzene rings is 1. The van der Waals surface area contributed by atoms with E-state index in [4.69, 9.17) is 4.74 Å². The van der Waals surface area contributed by atoms with E-state index in [2.05, 4.69) is 0 Å². The van der Waals surface area contributed by atoms with Crippen molar-refractivity contribution in [3.05, 3.63) is 29.8 Å². The minimum atomic E-state index is -2.21. The summed E-state index contributed by atoms with van der Waals surface area (Å²) in [6.07, 6.45) is 4.40. The van der Waals surface area contributed by atoms with E-state index in [1.165, 1.54) is 0 Å². The number of halogens is 1. The largest absolute Gasteiger partial charge is 0.497 e. The van der Waals surface area contributed by atoms with Gasteiger partial charge in [-0.15, -0.1) is 0 Å². The zero-order valence-electron chi connectivity index (χ0n) is 12.8. The number of carbonyl (C=O) groups is 1. The molecule has 5 heteroatoms. The molecule has 1 heterocycles. The average molecular weight is 307 g/mol. The Morgan fingerprint density at radius 3 is 2.50 bits per heavy atom. The molecule has 3 rings (SSSR count). The summed E-state index contributed by atoms with van der Waals surface area (Å²) in [5.74, 6) is -1.29. The van der Waals surface area contributed by atoms with E-state index in [1.807, 2.05) is 4.90 Å². The second-order valence-corrected chi connectivity index (χ2v) is 6.36. The van der Waals surface area contributed by atoms with Gasteiger partial charge in [-0.05, 0) is 30.5 Å². The summed E-state index contributed by atoms with van der Waals surface area (Å²) in [6, 6.07) is 7.40. The van der Waals surface area contributed by atoms with Crippen molar-refractivity contribution in [2.24, 2.45) is 0 Å². The van der Waals surface area contributed by atoms with Crippen LogP contribution in [-0.2, 0) is 4.79 Å². The highest BCUT2D eigenvalue weighted by molar-refractivity contribution is 5.80. The molecule has 4 nitrogen and oxygen atoms in total. The summed E-state index contributed by atoms with van der Waals surface area (Å²) in [5.41, 5.74) is -1.48. The molecular formula is C17H22FNO3. The van der Waals surface area contributed by atoms with Crippen LogP contribution in [0.1, 0.15) is 37.2 Å². The Kier molecular flexibility index (Phi) is 4.08. The van der Waals surface area contributed by atoms with Crippen LogP contribution in [0, 0.1) is 0 Å². The first kappa shape index (κ1) is 15.3. The Labute approximate surface area is 129 Å². The Morgan fingerprint density at radius 2 is 1.95 bits per heavy atom. The molecule has 1 aliphatic carbocycles. The Bertz CT molecular complexity index is 541. The number of rotatable bonds is 4. The fourth-order valence-corrected chi connectivity index (χ4v) is 3.82. The van der Waals surface area contributed by atoms with Gasteiger partial charge in [-0.25, -0.2) is 9.18 Å². The summed E-state index contributed by atoms with van der Waals surface area (Å²) in [5, 5.41) is 9.44. The van der Waals surface area contributed by atoms with Gasteiger partial charge in [-0.3, -0.25) is 4.90 Å². The Morgan fingerprint density at radius 1 is 1.32 bits per heavy atom. The molecule has 0 aromatic heterocycles. The van der Waals surface area contributed by atoms with E-state index in [0.29, 0.717) is 18.3 Å². The highest BCUT2D eigenvalue weighted by Crippen LogP contribution is 2.42. The number of carboxylic acid groups (broad SMARTS) is 1. The molecule has 0 spiro atoms. The summed E-state index contributed by atoms with van der Waals surface area (Å²) in [7, 11) is 1.57. The molecule has 1 saturated heterocycles. The molecule has 0 bridgehead atoms. The van der Waals surface area contributed by atoms with Gasteiger partial charge in [0.25, 0.3) is 0 Å². The second-order valence-electron chi connectivity index (χ2n) is 6.36. The van der Waals surface area contributed by atoms with Crippen molar-refractivity contribution >= 4 is 5.97 Å². The fourth-order valence-electron chi connectivity index (χ4n) is 3.82. The predicted molar refractivity (Wildman–Crippen MR) is 81.0 cm³/mol. The van der Waals surface area contributed by atoms with Crippen LogP contribution < -0.4 is 4.74 Å². The van der Waals surface area contributed by atoms with Gasteiger partial charge in [-0.1, -0.05) is 25.0 Å². The lowest BCUT2D eigenvalue weighted by atomic mass is 9.86. The number of ether oxygens (including phenoxy) is 1. The molecule has 0 amide bonds. The van der Waals surface area contributed by atoms with Gasteiger partial charge in [0.15, 0.2) is 0 Å². The number of aliphatic carboxylic acids is 1. The van der Waals surface area contributed by atoms with Crippen molar-refractivity contribution in [2.75, 3.05) is 20.2 Å². The van der Waals surface area contributed by atoms with Gasteiger partial charge in [0.05, 0.1) is 7.11 Å². The van der Waals surface area contributed by atoms with Gasteiger partial charge in [-0.2, -0.15) is 0 Å². The van der Waals surface area contributed by atoms with Crippen LogP contribution in [-0.4, -0.2) is 47.9 Å². The van der Waals surface area contributed by atoms with E-state index in [9.17, 15) is 9.90 Å². The van der Waals surface area contributed by atoms with E-state index in [1.54, 1.807) is 31.4 Å². The molecule has 0 radical (unpaired) electrons. The normalized spacial score (nSPS) is 29.8. The SMILES string of the molecule is COc1ccc(C2CN(C3CCCC3)C[C@@]2(F)C(=O)O)cc1. The smallest absolute Gasteiger partial charge is 0.343 e. The average Bonchev–Trinajstić information content (AvgIpc) is 3.15.